The first kappa shape index (κ1) is 37.7. The molecule has 8 rings (SSSR count). The topological polar surface area (TPSA) is 104 Å². The first-order valence-electron chi connectivity index (χ1n) is 18.6. The molecule has 1 aromatic heterocycles. The molecule has 11 heteroatoms. The largest absolute Gasteiger partial charge is 0.493 e. The number of ketones is 1. The van der Waals surface area contributed by atoms with Gasteiger partial charge < -0.3 is 15.4 Å². The third kappa shape index (κ3) is 8.37. The van der Waals surface area contributed by atoms with Gasteiger partial charge in [0.2, 0.25) is 0 Å². The highest BCUT2D eigenvalue weighted by Gasteiger charge is 2.30. The van der Waals surface area contributed by atoms with Crippen molar-refractivity contribution in [2.75, 3.05) is 17.2 Å². The minimum Gasteiger partial charge on any atom is -0.493 e. The van der Waals surface area contributed by atoms with Crippen LogP contribution in [0.25, 0.3) is 10.9 Å². The average Bonchev–Trinajstić information content (AvgIpc) is 3.71. The number of nitrogens with one attached hydrogen (secondary N) is 2. The highest BCUT2D eigenvalue weighted by Crippen LogP contribution is 2.35. The van der Waals surface area contributed by atoms with Gasteiger partial charge in [-0.2, -0.15) is 0 Å². The molecule has 284 valence electrons. The summed E-state index contributed by atoms with van der Waals surface area (Å²) in [4.78, 5) is 45.6. The van der Waals surface area contributed by atoms with E-state index in [9.17, 15) is 23.2 Å². The second-order valence-corrected chi connectivity index (χ2v) is 13.6. The van der Waals surface area contributed by atoms with Crippen molar-refractivity contribution in [1.29, 1.82) is 0 Å². The number of rotatable bonds is 5. The van der Waals surface area contributed by atoms with E-state index in [2.05, 4.69) is 22.5 Å². The second-order valence-electron chi connectivity index (χ2n) is 13.6. The lowest BCUT2D eigenvalue weighted by molar-refractivity contribution is -0.116. The molecular weight excluding hydrogens is 713 g/mol. The molecule has 56 heavy (non-hydrogen) atoms. The summed E-state index contributed by atoms with van der Waals surface area (Å²) >= 11 is 0. The molecule has 4 heterocycles. The summed E-state index contributed by atoms with van der Waals surface area (Å²) in [6.45, 7) is 4.63. The van der Waals surface area contributed by atoms with Crippen LogP contribution in [0.1, 0.15) is 61.0 Å². The maximum Gasteiger partial charge on any atom is 0.326 e. The number of amides is 4. The second kappa shape index (κ2) is 16.8. The number of carbonyl (C=O) groups is 3. The number of aromatic nitrogens is 1. The Morgan fingerprint density at radius 1 is 0.821 bits per heavy atom. The van der Waals surface area contributed by atoms with Crippen molar-refractivity contribution in [2.24, 2.45) is 0 Å². The number of anilines is 2. The summed E-state index contributed by atoms with van der Waals surface area (Å²) in [6, 6.07) is 24.4. The van der Waals surface area contributed by atoms with Gasteiger partial charge in [-0.1, -0.05) is 49.4 Å². The van der Waals surface area contributed by atoms with Gasteiger partial charge in [0.15, 0.2) is 5.78 Å². The number of allylic oxidation sites excluding steroid dienone is 3. The van der Waals surface area contributed by atoms with Gasteiger partial charge in [0.25, 0.3) is 0 Å². The molecule has 2 N–H and O–H groups in total. The van der Waals surface area contributed by atoms with Gasteiger partial charge in [-0.25, -0.2) is 18.4 Å². The Morgan fingerprint density at radius 3 is 2.12 bits per heavy atom. The smallest absolute Gasteiger partial charge is 0.326 e. The first-order chi connectivity index (χ1) is 27.2. The van der Waals surface area contributed by atoms with E-state index in [4.69, 9.17) is 4.74 Å². The van der Waals surface area contributed by atoms with E-state index >= 15 is 0 Å². The number of aryl methyl sites for hydroxylation is 1. The third-order valence-electron chi connectivity index (χ3n) is 10.1. The molecule has 2 atom stereocenters. The van der Waals surface area contributed by atoms with Crippen LogP contribution >= 0.6 is 0 Å². The Balaban J connectivity index is 0.000000173. The van der Waals surface area contributed by atoms with Crippen molar-refractivity contribution in [3.05, 3.63) is 167 Å². The molecule has 0 radical (unpaired) electrons. The number of ether oxygens (including phenoxy) is 1. The number of urea groups is 2. The van der Waals surface area contributed by atoms with Crippen molar-refractivity contribution < 1.29 is 27.9 Å². The Labute approximate surface area is 324 Å². The highest BCUT2D eigenvalue weighted by atomic mass is 19.1. The fraction of sp³-hybridized carbons (Fsp3) is 0.200. The molecule has 4 aromatic carbocycles. The average molecular weight is 754 g/mol. The van der Waals surface area contributed by atoms with Gasteiger partial charge >= 0.3 is 12.1 Å². The van der Waals surface area contributed by atoms with Gasteiger partial charge in [-0.05, 0) is 109 Å². The summed E-state index contributed by atoms with van der Waals surface area (Å²) < 4.78 is 32.2. The zero-order valence-electron chi connectivity index (χ0n) is 31.0. The number of nitrogens with zero attached hydrogens (tertiary/aromatic N) is 3. The Bertz CT molecular complexity index is 2360. The van der Waals surface area contributed by atoms with Crippen LogP contribution in [0.5, 0.6) is 5.75 Å². The predicted molar refractivity (Wildman–Crippen MR) is 213 cm³/mol. The minimum absolute atomic E-state index is 0.0719. The fourth-order valence-electron chi connectivity index (χ4n) is 7.12. The van der Waals surface area contributed by atoms with Crippen molar-refractivity contribution in [3.63, 3.8) is 0 Å². The molecule has 0 fully saturated rings. The molecule has 3 aliphatic heterocycles. The van der Waals surface area contributed by atoms with E-state index in [1.807, 2.05) is 61.5 Å². The van der Waals surface area contributed by atoms with Crippen LogP contribution in [0.2, 0.25) is 0 Å². The Kier molecular flexibility index (Phi) is 11.3. The van der Waals surface area contributed by atoms with E-state index in [1.54, 1.807) is 41.6 Å². The first-order valence-corrected chi connectivity index (χ1v) is 18.6. The van der Waals surface area contributed by atoms with E-state index in [1.165, 1.54) is 41.4 Å². The van der Waals surface area contributed by atoms with Crippen LogP contribution < -0.4 is 15.4 Å². The summed E-state index contributed by atoms with van der Waals surface area (Å²) in [6.07, 6.45) is 12.8. The zero-order chi connectivity index (χ0) is 39.2. The molecule has 9 nitrogen and oxygen atoms in total. The van der Waals surface area contributed by atoms with Crippen LogP contribution in [-0.2, 0) is 17.6 Å². The van der Waals surface area contributed by atoms with Crippen LogP contribution in [0.3, 0.4) is 0 Å². The lowest BCUT2D eigenvalue weighted by Crippen LogP contribution is -2.37. The molecule has 0 bridgehead atoms. The van der Waals surface area contributed by atoms with Crippen molar-refractivity contribution >= 4 is 40.1 Å². The third-order valence-corrected chi connectivity index (χ3v) is 10.1. The number of hydrogen-bond donors (Lipinski definition) is 2. The molecule has 5 aromatic rings. The molecule has 0 aliphatic carbocycles. The van der Waals surface area contributed by atoms with Crippen LogP contribution in [0, 0.1) is 11.6 Å². The van der Waals surface area contributed by atoms with Gasteiger partial charge in [-0.3, -0.25) is 19.6 Å². The minimum atomic E-state index is -0.471. The normalized spacial score (nSPS) is 17.9. The van der Waals surface area contributed by atoms with E-state index in [0.29, 0.717) is 24.3 Å². The fourth-order valence-corrected chi connectivity index (χ4v) is 7.12. The summed E-state index contributed by atoms with van der Waals surface area (Å²) in [5, 5.41) is 6.97. The number of halogens is 2. The van der Waals surface area contributed by atoms with Gasteiger partial charge in [0.05, 0.1) is 24.2 Å². The van der Waals surface area contributed by atoms with Crippen LogP contribution in [0.4, 0.5) is 29.7 Å². The summed E-state index contributed by atoms with van der Waals surface area (Å²) in [7, 11) is 0. The van der Waals surface area contributed by atoms with E-state index in [0.717, 1.165) is 57.4 Å². The number of pyridine rings is 1. The Morgan fingerprint density at radius 2 is 1.46 bits per heavy atom. The molecule has 0 spiro atoms. The van der Waals surface area contributed by atoms with Crippen molar-refractivity contribution in [3.8, 4) is 5.75 Å². The van der Waals surface area contributed by atoms with Gasteiger partial charge in [0, 0.05) is 53.8 Å². The quantitative estimate of drug-likeness (QED) is 0.186. The lowest BCUT2D eigenvalue weighted by atomic mass is 9.94. The monoisotopic (exact) mass is 753 g/mol. The molecule has 3 aliphatic rings. The van der Waals surface area contributed by atoms with Crippen molar-refractivity contribution in [1.82, 2.24) is 14.8 Å². The molecule has 0 saturated heterocycles. The summed E-state index contributed by atoms with van der Waals surface area (Å²) in [5.74, 6) is 0.0617. The standard InChI is InChI=1S/C25H24FN3O.C20H17FN2O3/c1-3-17-11-13-29(24(14-17)19-7-9-21(26)10-8-19)25(30)28-23-16-20-6-5-12-27-22(20)15-18(23)4-2;21-14-6-4-13(5-7-14)18-12-15(24)8-10-23(18)20(25)22-17-2-1-3-19-16(17)9-11-26-19/h3,5-13,15-16,24H,4,14H2,1-2H3,(H,28,30);1-8,10,18H,9,11-12H2,(H,22,25)/b17-3+;. The van der Waals surface area contributed by atoms with Crippen LogP contribution in [-0.4, -0.2) is 39.2 Å². The van der Waals surface area contributed by atoms with E-state index in [-0.39, 0.29) is 41.9 Å². The maximum absolute atomic E-state index is 13.4. The number of hydrogen-bond acceptors (Lipinski definition) is 5. The number of carbonyl (C=O) groups excluding carboxylic acids is 3. The maximum atomic E-state index is 13.4. The predicted octanol–water partition coefficient (Wildman–Crippen LogP) is 10.2. The SMILES string of the molecule is C/C=C1\C=CN(C(=O)Nc2cc3cccnc3cc2CC)C(c2ccc(F)cc2)C1.O=C1C=CN(C(=O)Nc2cccc3c2CCO3)C(c2ccc(F)cc2)C1. The van der Waals surface area contributed by atoms with Crippen molar-refractivity contribution in [2.45, 2.75) is 51.6 Å². The Hall–Kier alpha value is -6.62. The molecule has 0 saturated carbocycles. The number of benzene rings is 4. The summed E-state index contributed by atoms with van der Waals surface area (Å²) in [5.41, 5.74) is 7.14. The molecular formula is C45H41F2N5O4. The van der Waals surface area contributed by atoms with Gasteiger partial charge in [-0.15, -0.1) is 0 Å². The van der Waals surface area contributed by atoms with Crippen LogP contribution in [0.15, 0.2) is 133 Å². The lowest BCUT2D eigenvalue weighted by Gasteiger charge is -2.33. The highest BCUT2D eigenvalue weighted by molar-refractivity contribution is 5.97. The zero-order valence-corrected chi connectivity index (χ0v) is 31.0. The number of fused-ring (bicyclic) bond motifs is 2. The molecule has 4 amide bonds. The van der Waals surface area contributed by atoms with Gasteiger partial charge in [0.1, 0.15) is 17.4 Å². The van der Waals surface area contributed by atoms with E-state index < -0.39 is 6.04 Å². The molecule has 2 unspecified atom stereocenters.